The fourth-order valence-electron chi connectivity index (χ4n) is 2.91. The number of hydrogen-bond donors (Lipinski definition) is 1. The van der Waals surface area contributed by atoms with Crippen LogP contribution in [0.3, 0.4) is 0 Å². The average molecular weight is 265 g/mol. The van der Waals surface area contributed by atoms with Gasteiger partial charge in [-0.05, 0) is 29.0 Å². The molecule has 2 heteroatoms. The molecule has 1 amide bonds. The standard InChI is InChI=1S/C18H19NO/c1-18(2)12-11-17(20)19-16-10-6-4-8-14(16)13-7-3-5-9-15(13)18/h3-10H,11-12H2,1-2H3,(H,19,20). The molecular formula is C18H19NO. The summed E-state index contributed by atoms with van der Waals surface area (Å²) in [6, 6.07) is 16.5. The lowest BCUT2D eigenvalue weighted by Crippen LogP contribution is -2.20. The molecule has 2 aromatic rings. The second-order valence-corrected chi connectivity index (χ2v) is 6.02. The van der Waals surface area contributed by atoms with Gasteiger partial charge in [0.2, 0.25) is 5.91 Å². The molecule has 1 heterocycles. The van der Waals surface area contributed by atoms with Crippen LogP contribution in [0.4, 0.5) is 5.69 Å². The van der Waals surface area contributed by atoms with Gasteiger partial charge in [-0.15, -0.1) is 0 Å². The van der Waals surface area contributed by atoms with E-state index in [1.807, 2.05) is 18.2 Å². The van der Waals surface area contributed by atoms with Gasteiger partial charge in [0, 0.05) is 17.7 Å². The zero-order valence-electron chi connectivity index (χ0n) is 11.9. The maximum atomic E-state index is 12.1. The van der Waals surface area contributed by atoms with Crippen LogP contribution < -0.4 is 5.32 Å². The Kier molecular flexibility index (Phi) is 3.09. The highest BCUT2D eigenvalue weighted by Crippen LogP contribution is 2.40. The monoisotopic (exact) mass is 265 g/mol. The Morgan fingerprint density at radius 3 is 2.40 bits per heavy atom. The van der Waals surface area contributed by atoms with Gasteiger partial charge in [-0.1, -0.05) is 56.3 Å². The van der Waals surface area contributed by atoms with Crippen LogP contribution in [0, 0.1) is 0 Å². The largest absolute Gasteiger partial charge is 0.326 e. The number of nitrogens with one attached hydrogen (secondary N) is 1. The molecule has 2 nitrogen and oxygen atoms in total. The molecule has 1 N–H and O–H groups in total. The minimum absolute atomic E-state index is 0.00855. The van der Waals surface area contributed by atoms with Gasteiger partial charge in [0.15, 0.2) is 0 Å². The molecule has 0 atom stereocenters. The number of benzene rings is 2. The fourth-order valence-corrected chi connectivity index (χ4v) is 2.91. The zero-order valence-corrected chi connectivity index (χ0v) is 11.9. The average Bonchev–Trinajstić information content (AvgIpc) is 2.49. The summed E-state index contributed by atoms with van der Waals surface area (Å²) in [4.78, 5) is 12.1. The van der Waals surface area contributed by atoms with Crippen LogP contribution in [0.2, 0.25) is 0 Å². The molecule has 0 fully saturated rings. The van der Waals surface area contributed by atoms with E-state index in [0.29, 0.717) is 6.42 Å². The zero-order chi connectivity index (χ0) is 14.2. The number of rotatable bonds is 0. The van der Waals surface area contributed by atoms with E-state index in [1.165, 1.54) is 11.1 Å². The Hall–Kier alpha value is -2.09. The van der Waals surface area contributed by atoms with Gasteiger partial charge in [0.1, 0.15) is 0 Å². The van der Waals surface area contributed by atoms with Crippen molar-refractivity contribution in [3.05, 3.63) is 54.1 Å². The first-order valence-electron chi connectivity index (χ1n) is 7.07. The van der Waals surface area contributed by atoms with Crippen molar-refractivity contribution >= 4 is 11.6 Å². The van der Waals surface area contributed by atoms with Gasteiger partial charge in [-0.25, -0.2) is 0 Å². The smallest absolute Gasteiger partial charge is 0.224 e. The summed E-state index contributed by atoms with van der Waals surface area (Å²) in [5.74, 6) is 0.0957. The predicted molar refractivity (Wildman–Crippen MR) is 82.8 cm³/mol. The molecule has 1 aliphatic heterocycles. The summed E-state index contributed by atoms with van der Waals surface area (Å²) in [6.07, 6.45) is 1.40. The number of amides is 1. The van der Waals surface area contributed by atoms with E-state index >= 15 is 0 Å². The summed E-state index contributed by atoms with van der Waals surface area (Å²) in [7, 11) is 0. The van der Waals surface area contributed by atoms with Crippen molar-refractivity contribution in [1.82, 2.24) is 0 Å². The number of carbonyl (C=O) groups is 1. The van der Waals surface area contributed by atoms with Gasteiger partial charge in [0.25, 0.3) is 0 Å². The highest BCUT2D eigenvalue weighted by molar-refractivity contribution is 5.96. The first-order chi connectivity index (χ1) is 9.58. The molecule has 102 valence electrons. The fraction of sp³-hybridized carbons (Fsp3) is 0.278. The van der Waals surface area contributed by atoms with Crippen LogP contribution in [-0.2, 0) is 10.2 Å². The summed E-state index contributed by atoms with van der Waals surface area (Å²) in [5, 5.41) is 3.04. The van der Waals surface area contributed by atoms with E-state index in [2.05, 4.69) is 49.5 Å². The summed E-state index contributed by atoms with van der Waals surface area (Å²) in [5.41, 5.74) is 4.53. The number of carbonyl (C=O) groups excluding carboxylic acids is 1. The number of fused-ring (bicyclic) bond motifs is 3. The molecule has 0 aromatic heterocycles. The minimum Gasteiger partial charge on any atom is -0.326 e. The van der Waals surface area contributed by atoms with Gasteiger partial charge in [-0.2, -0.15) is 0 Å². The van der Waals surface area contributed by atoms with Gasteiger partial charge >= 0.3 is 0 Å². The third-order valence-electron chi connectivity index (χ3n) is 4.12. The number of anilines is 1. The molecule has 3 rings (SSSR count). The maximum Gasteiger partial charge on any atom is 0.224 e. The Morgan fingerprint density at radius 1 is 0.950 bits per heavy atom. The van der Waals surface area contributed by atoms with E-state index < -0.39 is 0 Å². The van der Waals surface area contributed by atoms with Crippen LogP contribution >= 0.6 is 0 Å². The SMILES string of the molecule is CC1(C)CCC(=O)Nc2ccccc2-c2ccccc21. The molecule has 0 radical (unpaired) electrons. The quantitative estimate of drug-likeness (QED) is 0.753. The van der Waals surface area contributed by atoms with E-state index in [-0.39, 0.29) is 11.3 Å². The molecule has 0 unspecified atom stereocenters. The highest BCUT2D eigenvalue weighted by Gasteiger charge is 2.27. The second-order valence-electron chi connectivity index (χ2n) is 6.02. The predicted octanol–water partition coefficient (Wildman–Crippen LogP) is 4.36. The van der Waals surface area contributed by atoms with Crippen molar-refractivity contribution in [2.45, 2.75) is 32.1 Å². The molecule has 0 saturated carbocycles. The van der Waals surface area contributed by atoms with Gasteiger partial charge in [0.05, 0.1) is 0 Å². The lowest BCUT2D eigenvalue weighted by molar-refractivity contribution is -0.116. The van der Waals surface area contributed by atoms with Crippen molar-refractivity contribution < 1.29 is 4.79 Å². The first kappa shape index (κ1) is 12.9. The molecular weight excluding hydrogens is 246 g/mol. The van der Waals surface area contributed by atoms with Crippen LogP contribution in [-0.4, -0.2) is 5.91 Å². The third kappa shape index (κ3) is 2.22. The molecule has 0 bridgehead atoms. The van der Waals surface area contributed by atoms with Crippen molar-refractivity contribution in [3.63, 3.8) is 0 Å². The Balaban J connectivity index is 2.28. The number of hydrogen-bond acceptors (Lipinski definition) is 1. The van der Waals surface area contributed by atoms with E-state index in [1.54, 1.807) is 0 Å². The second kappa shape index (κ2) is 4.78. The summed E-state index contributed by atoms with van der Waals surface area (Å²) in [6.45, 7) is 4.43. The van der Waals surface area contributed by atoms with Crippen LogP contribution in [0.5, 0.6) is 0 Å². The van der Waals surface area contributed by atoms with Gasteiger partial charge < -0.3 is 5.32 Å². The molecule has 2 aromatic carbocycles. The molecule has 20 heavy (non-hydrogen) atoms. The highest BCUT2D eigenvalue weighted by atomic mass is 16.1. The van der Waals surface area contributed by atoms with Crippen LogP contribution in [0.25, 0.3) is 11.1 Å². The molecule has 0 saturated heterocycles. The van der Waals surface area contributed by atoms with Crippen LogP contribution in [0.1, 0.15) is 32.3 Å². The summed E-state index contributed by atoms with van der Waals surface area (Å²) >= 11 is 0. The number of para-hydroxylation sites is 1. The Morgan fingerprint density at radius 2 is 1.60 bits per heavy atom. The Bertz CT molecular complexity index is 658. The van der Waals surface area contributed by atoms with Gasteiger partial charge in [-0.3, -0.25) is 4.79 Å². The van der Waals surface area contributed by atoms with Crippen molar-refractivity contribution in [2.24, 2.45) is 0 Å². The maximum absolute atomic E-state index is 12.1. The van der Waals surface area contributed by atoms with Crippen LogP contribution in [0.15, 0.2) is 48.5 Å². The Labute approximate surface area is 119 Å². The summed E-state index contributed by atoms with van der Waals surface area (Å²) < 4.78 is 0. The van der Waals surface area contributed by atoms with E-state index in [0.717, 1.165) is 17.7 Å². The first-order valence-corrected chi connectivity index (χ1v) is 7.07. The van der Waals surface area contributed by atoms with E-state index in [4.69, 9.17) is 0 Å². The third-order valence-corrected chi connectivity index (χ3v) is 4.12. The lowest BCUT2D eigenvalue weighted by atomic mass is 9.77. The normalized spacial score (nSPS) is 17.0. The lowest BCUT2D eigenvalue weighted by Gasteiger charge is -2.27. The molecule has 1 aliphatic rings. The topological polar surface area (TPSA) is 29.1 Å². The minimum atomic E-state index is -0.00855. The van der Waals surface area contributed by atoms with Crippen molar-refractivity contribution in [2.75, 3.05) is 5.32 Å². The molecule has 0 spiro atoms. The van der Waals surface area contributed by atoms with Crippen molar-refractivity contribution in [1.29, 1.82) is 0 Å². The van der Waals surface area contributed by atoms with Crippen molar-refractivity contribution in [3.8, 4) is 11.1 Å². The molecule has 0 aliphatic carbocycles. The van der Waals surface area contributed by atoms with E-state index in [9.17, 15) is 4.79 Å².